The quantitative estimate of drug-likeness (QED) is 0.889. The van der Waals surface area contributed by atoms with Crippen LogP contribution in [0.25, 0.3) is 11.3 Å². The van der Waals surface area contributed by atoms with Crippen LogP contribution in [0.2, 0.25) is 0 Å². The number of amides is 1. The SMILES string of the molecule is CCC(CC)NC(=O)Cn1nc(-c2ccccc2)ccc1=O. The fourth-order valence-corrected chi connectivity index (χ4v) is 2.23. The van der Waals surface area contributed by atoms with Crippen LogP contribution in [0.5, 0.6) is 0 Å². The summed E-state index contributed by atoms with van der Waals surface area (Å²) >= 11 is 0. The molecular formula is C17H21N3O2. The molecule has 1 N–H and O–H groups in total. The Labute approximate surface area is 130 Å². The number of hydrogen-bond donors (Lipinski definition) is 1. The maximum Gasteiger partial charge on any atom is 0.267 e. The number of nitrogens with zero attached hydrogens (tertiary/aromatic N) is 2. The molecule has 0 saturated carbocycles. The molecule has 0 radical (unpaired) electrons. The smallest absolute Gasteiger partial charge is 0.267 e. The van der Waals surface area contributed by atoms with Gasteiger partial charge >= 0.3 is 0 Å². The van der Waals surface area contributed by atoms with E-state index in [-0.39, 0.29) is 24.1 Å². The second-order valence-corrected chi connectivity index (χ2v) is 5.16. The van der Waals surface area contributed by atoms with E-state index >= 15 is 0 Å². The molecule has 0 atom stereocenters. The van der Waals surface area contributed by atoms with Gasteiger partial charge in [0.1, 0.15) is 6.54 Å². The minimum atomic E-state index is -0.278. The van der Waals surface area contributed by atoms with Crippen molar-refractivity contribution in [2.75, 3.05) is 0 Å². The normalized spacial score (nSPS) is 10.7. The van der Waals surface area contributed by atoms with Crippen molar-refractivity contribution in [1.29, 1.82) is 0 Å². The van der Waals surface area contributed by atoms with Gasteiger partial charge in [0.15, 0.2) is 0 Å². The summed E-state index contributed by atoms with van der Waals surface area (Å²) in [6.45, 7) is 3.99. The molecule has 1 heterocycles. The first-order chi connectivity index (χ1) is 10.6. The highest BCUT2D eigenvalue weighted by atomic mass is 16.2. The Bertz CT molecular complexity index is 676. The average Bonchev–Trinajstić information content (AvgIpc) is 2.55. The zero-order chi connectivity index (χ0) is 15.9. The molecule has 1 amide bonds. The molecule has 0 fully saturated rings. The minimum absolute atomic E-state index is 0.0595. The van der Waals surface area contributed by atoms with Gasteiger partial charge in [0.05, 0.1) is 5.69 Å². The molecular weight excluding hydrogens is 278 g/mol. The summed E-state index contributed by atoms with van der Waals surface area (Å²) in [5, 5.41) is 7.20. The van der Waals surface area contributed by atoms with E-state index in [1.807, 2.05) is 44.2 Å². The van der Waals surface area contributed by atoms with Crippen molar-refractivity contribution in [1.82, 2.24) is 15.1 Å². The topological polar surface area (TPSA) is 64.0 Å². The largest absolute Gasteiger partial charge is 0.352 e. The van der Waals surface area contributed by atoms with E-state index in [1.54, 1.807) is 6.07 Å². The Kier molecular flexibility index (Phi) is 5.47. The standard InChI is InChI=1S/C17H21N3O2/c1-3-14(4-2)18-16(21)12-20-17(22)11-10-15(19-20)13-8-6-5-7-9-13/h5-11,14H,3-4,12H2,1-2H3,(H,18,21). The summed E-state index contributed by atoms with van der Waals surface area (Å²) in [6.07, 6.45) is 1.74. The lowest BCUT2D eigenvalue weighted by Crippen LogP contribution is -2.38. The molecule has 0 aliphatic heterocycles. The second kappa shape index (κ2) is 7.54. The van der Waals surface area contributed by atoms with Gasteiger partial charge in [0.25, 0.3) is 5.56 Å². The van der Waals surface area contributed by atoms with Gasteiger partial charge in [0.2, 0.25) is 5.91 Å². The van der Waals surface area contributed by atoms with E-state index in [2.05, 4.69) is 10.4 Å². The average molecular weight is 299 g/mol. The third kappa shape index (κ3) is 4.04. The van der Waals surface area contributed by atoms with Crippen molar-refractivity contribution in [2.24, 2.45) is 0 Å². The predicted octanol–water partition coefficient (Wildman–Crippen LogP) is 2.22. The number of hydrogen-bond acceptors (Lipinski definition) is 3. The van der Waals surface area contributed by atoms with Crippen LogP contribution in [-0.4, -0.2) is 21.7 Å². The molecule has 0 aliphatic carbocycles. The van der Waals surface area contributed by atoms with Gasteiger partial charge in [-0.3, -0.25) is 9.59 Å². The van der Waals surface area contributed by atoms with Gasteiger partial charge in [-0.1, -0.05) is 44.2 Å². The van der Waals surface area contributed by atoms with Gasteiger partial charge in [-0.15, -0.1) is 0 Å². The first kappa shape index (κ1) is 15.9. The van der Waals surface area contributed by atoms with Crippen molar-refractivity contribution in [3.05, 3.63) is 52.8 Å². The molecule has 5 heteroatoms. The van der Waals surface area contributed by atoms with Gasteiger partial charge in [-0.2, -0.15) is 5.10 Å². The van der Waals surface area contributed by atoms with Crippen LogP contribution in [0.3, 0.4) is 0 Å². The number of benzene rings is 1. The third-order valence-corrected chi connectivity index (χ3v) is 3.58. The van der Waals surface area contributed by atoms with Crippen LogP contribution in [0.4, 0.5) is 0 Å². The fourth-order valence-electron chi connectivity index (χ4n) is 2.23. The molecule has 1 aromatic carbocycles. The summed E-state index contributed by atoms with van der Waals surface area (Å²) in [5.74, 6) is -0.187. The van der Waals surface area contributed by atoms with Crippen LogP contribution in [0.1, 0.15) is 26.7 Å². The molecule has 0 saturated heterocycles. The number of aromatic nitrogens is 2. The van der Waals surface area contributed by atoms with E-state index in [1.165, 1.54) is 10.7 Å². The van der Waals surface area contributed by atoms with Gasteiger partial charge in [0, 0.05) is 17.7 Å². The van der Waals surface area contributed by atoms with Crippen molar-refractivity contribution in [3.63, 3.8) is 0 Å². The molecule has 0 unspecified atom stereocenters. The predicted molar refractivity (Wildman–Crippen MR) is 86.4 cm³/mol. The van der Waals surface area contributed by atoms with E-state index in [9.17, 15) is 9.59 Å². The molecule has 22 heavy (non-hydrogen) atoms. The summed E-state index contributed by atoms with van der Waals surface area (Å²) < 4.78 is 1.21. The van der Waals surface area contributed by atoms with E-state index < -0.39 is 0 Å². The molecule has 2 aromatic rings. The van der Waals surface area contributed by atoms with Crippen molar-refractivity contribution >= 4 is 5.91 Å². The Morgan fingerprint density at radius 3 is 2.45 bits per heavy atom. The molecule has 1 aromatic heterocycles. The lowest BCUT2D eigenvalue weighted by Gasteiger charge is -2.15. The molecule has 0 aliphatic rings. The second-order valence-electron chi connectivity index (χ2n) is 5.16. The molecule has 5 nitrogen and oxygen atoms in total. The van der Waals surface area contributed by atoms with Gasteiger partial charge in [-0.05, 0) is 18.9 Å². The summed E-state index contributed by atoms with van der Waals surface area (Å²) in [5.41, 5.74) is 1.31. The molecule has 0 bridgehead atoms. The molecule has 116 valence electrons. The monoisotopic (exact) mass is 299 g/mol. The first-order valence-corrected chi connectivity index (χ1v) is 7.57. The van der Waals surface area contributed by atoms with Crippen molar-refractivity contribution in [2.45, 2.75) is 39.3 Å². The van der Waals surface area contributed by atoms with E-state index in [0.29, 0.717) is 5.69 Å². The third-order valence-electron chi connectivity index (χ3n) is 3.58. The number of rotatable bonds is 6. The first-order valence-electron chi connectivity index (χ1n) is 7.57. The molecule has 2 rings (SSSR count). The highest BCUT2D eigenvalue weighted by molar-refractivity contribution is 5.76. The van der Waals surface area contributed by atoms with Crippen LogP contribution in [0, 0.1) is 0 Å². The maximum atomic E-state index is 12.0. The lowest BCUT2D eigenvalue weighted by atomic mass is 10.1. The van der Waals surface area contributed by atoms with Gasteiger partial charge in [-0.25, -0.2) is 4.68 Å². The Morgan fingerprint density at radius 2 is 1.82 bits per heavy atom. The molecule has 0 spiro atoms. The van der Waals surface area contributed by atoms with E-state index in [0.717, 1.165) is 18.4 Å². The van der Waals surface area contributed by atoms with E-state index in [4.69, 9.17) is 0 Å². The van der Waals surface area contributed by atoms with Crippen molar-refractivity contribution in [3.8, 4) is 11.3 Å². The summed E-state index contributed by atoms with van der Waals surface area (Å²) in [4.78, 5) is 23.9. The van der Waals surface area contributed by atoms with Crippen LogP contribution in [0.15, 0.2) is 47.3 Å². The number of carbonyl (C=O) groups excluding carboxylic acids is 1. The maximum absolute atomic E-state index is 12.0. The highest BCUT2D eigenvalue weighted by Crippen LogP contribution is 2.13. The summed E-state index contributed by atoms with van der Waals surface area (Å²) in [7, 11) is 0. The number of nitrogens with one attached hydrogen (secondary N) is 1. The minimum Gasteiger partial charge on any atom is -0.352 e. The Balaban J connectivity index is 2.17. The fraction of sp³-hybridized carbons (Fsp3) is 0.353. The number of carbonyl (C=O) groups is 1. The lowest BCUT2D eigenvalue weighted by molar-refractivity contribution is -0.122. The van der Waals surface area contributed by atoms with Crippen LogP contribution < -0.4 is 10.9 Å². The highest BCUT2D eigenvalue weighted by Gasteiger charge is 2.11. The van der Waals surface area contributed by atoms with Gasteiger partial charge < -0.3 is 5.32 Å². The van der Waals surface area contributed by atoms with Crippen LogP contribution >= 0.6 is 0 Å². The Morgan fingerprint density at radius 1 is 1.14 bits per heavy atom. The zero-order valence-corrected chi connectivity index (χ0v) is 13.0. The Hall–Kier alpha value is -2.43. The van der Waals surface area contributed by atoms with Crippen LogP contribution in [-0.2, 0) is 11.3 Å². The zero-order valence-electron chi connectivity index (χ0n) is 13.0. The van der Waals surface area contributed by atoms with Crippen molar-refractivity contribution < 1.29 is 4.79 Å². The summed E-state index contributed by atoms with van der Waals surface area (Å²) in [6, 6.07) is 12.8.